The zero-order valence-electron chi connectivity index (χ0n) is 11.5. The lowest BCUT2D eigenvalue weighted by Gasteiger charge is -2.10. The van der Waals surface area contributed by atoms with E-state index in [0.29, 0.717) is 13.2 Å². The lowest BCUT2D eigenvalue weighted by atomic mass is 10.2. The lowest BCUT2D eigenvalue weighted by molar-refractivity contribution is 0.261. The van der Waals surface area contributed by atoms with E-state index in [0.717, 1.165) is 24.3 Å². The van der Waals surface area contributed by atoms with E-state index in [4.69, 9.17) is 10.3 Å². The van der Waals surface area contributed by atoms with E-state index in [9.17, 15) is 0 Å². The number of hydrogen-bond donors (Lipinski definition) is 0. The summed E-state index contributed by atoms with van der Waals surface area (Å²) in [5.41, 5.74) is 9.25. The van der Waals surface area contributed by atoms with Gasteiger partial charge in [-0.05, 0) is 43.7 Å². The van der Waals surface area contributed by atoms with Crippen molar-refractivity contribution in [1.29, 1.82) is 0 Å². The van der Waals surface area contributed by atoms with Crippen molar-refractivity contribution < 1.29 is 4.74 Å². The van der Waals surface area contributed by atoms with Crippen molar-refractivity contribution >= 4 is 6.08 Å². The Balaban J connectivity index is 2.36. The second-order valence-corrected chi connectivity index (χ2v) is 4.37. The van der Waals surface area contributed by atoms with Crippen molar-refractivity contribution in [3.05, 3.63) is 46.3 Å². The van der Waals surface area contributed by atoms with Crippen LogP contribution in [-0.4, -0.2) is 38.7 Å². The molecule has 1 aromatic rings. The number of rotatable bonds is 8. The van der Waals surface area contributed by atoms with Crippen molar-refractivity contribution in [3.8, 4) is 5.75 Å². The van der Waals surface area contributed by atoms with E-state index in [1.54, 1.807) is 0 Å². The highest BCUT2D eigenvalue weighted by molar-refractivity contribution is 5.50. The largest absolute Gasteiger partial charge is 0.492 e. The van der Waals surface area contributed by atoms with Crippen LogP contribution in [0.15, 0.2) is 35.5 Å². The summed E-state index contributed by atoms with van der Waals surface area (Å²) >= 11 is 0. The number of likely N-dealkylation sites (N-methyl/N-ethyl adjacent to an activating group) is 1. The first kappa shape index (κ1) is 15.1. The van der Waals surface area contributed by atoms with E-state index < -0.39 is 0 Å². The summed E-state index contributed by atoms with van der Waals surface area (Å²) in [4.78, 5) is 4.79. The van der Waals surface area contributed by atoms with Crippen LogP contribution in [0.4, 0.5) is 0 Å². The predicted molar refractivity (Wildman–Crippen MR) is 78.2 cm³/mol. The topological polar surface area (TPSA) is 61.2 Å². The Morgan fingerprint density at radius 2 is 2.05 bits per heavy atom. The molecule has 0 heterocycles. The van der Waals surface area contributed by atoms with E-state index in [2.05, 4.69) is 14.9 Å². The van der Waals surface area contributed by atoms with Gasteiger partial charge in [0.15, 0.2) is 0 Å². The molecule has 5 heteroatoms. The van der Waals surface area contributed by atoms with Crippen LogP contribution in [-0.2, 0) is 0 Å². The molecule has 0 aromatic heterocycles. The Kier molecular flexibility index (Phi) is 7.17. The second-order valence-electron chi connectivity index (χ2n) is 4.37. The molecule has 0 N–H and O–H groups in total. The third kappa shape index (κ3) is 7.13. The molecule has 0 amide bonds. The minimum absolute atomic E-state index is 0.499. The van der Waals surface area contributed by atoms with Gasteiger partial charge in [0.25, 0.3) is 0 Å². The number of azide groups is 1. The Bertz CT molecular complexity index is 433. The molecule has 0 saturated carbocycles. The highest BCUT2D eigenvalue weighted by Crippen LogP contribution is 2.13. The van der Waals surface area contributed by atoms with E-state index >= 15 is 0 Å². The van der Waals surface area contributed by atoms with Crippen LogP contribution in [0.1, 0.15) is 12.0 Å². The molecule has 1 rings (SSSR count). The quantitative estimate of drug-likeness (QED) is 0.311. The van der Waals surface area contributed by atoms with Gasteiger partial charge >= 0.3 is 0 Å². The molecule has 0 aliphatic rings. The minimum Gasteiger partial charge on any atom is -0.492 e. The van der Waals surface area contributed by atoms with Crippen molar-refractivity contribution in [1.82, 2.24) is 4.90 Å². The first-order valence-corrected chi connectivity index (χ1v) is 6.27. The van der Waals surface area contributed by atoms with E-state index in [1.807, 2.05) is 50.5 Å². The summed E-state index contributed by atoms with van der Waals surface area (Å²) in [6.07, 6.45) is 4.76. The average molecular weight is 260 g/mol. The van der Waals surface area contributed by atoms with Crippen molar-refractivity contribution in [2.75, 3.05) is 33.8 Å². The van der Waals surface area contributed by atoms with Crippen molar-refractivity contribution in [2.24, 2.45) is 5.11 Å². The number of nitrogens with zero attached hydrogens (tertiary/aromatic N) is 4. The highest BCUT2D eigenvalue weighted by Gasteiger charge is 1.94. The van der Waals surface area contributed by atoms with Crippen molar-refractivity contribution in [3.63, 3.8) is 0 Å². The molecule has 5 nitrogen and oxygen atoms in total. The fourth-order valence-corrected chi connectivity index (χ4v) is 1.42. The molecule has 0 spiro atoms. The highest BCUT2D eigenvalue weighted by atomic mass is 16.5. The maximum absolute atomic E-state index is 8.14. The molecule has 0 radical (unpaired) electrons. The van der Waals surface area contributed by atoms with Crippen LogP contribution in [0.25, 0.3) is 16.5 Å². The van der Waals surface area contributed by atoms with Gasteiger partial charge in [-0.15, -0.1) is 0 Å². The lowest BCUT2D eigenvalue weighted by Crippen LogP contribution is -2.19. The third-order valence-electron chi connectivity index (χ3n) is 2.46. The first-order chi connectivity index (χ1) is 9.22. The summed E-state index contributed by atoms with van der Waals surface area (Å²) in [5.74, 6) is 0.882. The Hall–Kier alpha value is -1.97. The number of benzene rings is 1. The monoisotopic (exact) mass is 260 g/mol. The van der Waals surface area contributed by atoms with Crippen LogP contribution in [0.3, 0.4) is 0 Å². The zero-order valence-corrected chi connectivity index (χ0v) is 11.5. The van der Waals surface area contributed by atoms with Gasteiger partial charge in [-0.3, -0.25) is 0 Å². The van der Waals surface area contributed by atoms with Crippen LogP contribution >= 0.6 is 0 Å². The number of hydrogen-bond acceptors (Lipinski definition) is 3. The van der Waals surface area contributed by atoms with E-state index in [1.165, 1.54) is 0 Å². The zero-order chi connectivity index (χ0) is 13.9. The Morgan fingerprint density at radius 1 is 1.32 bits per heavy atom. The Labute approximate surface area is 114 Å². The molecule has 102 valence electrons. The van der Waals surface area contributed by atoms with Gasteiger partial charge in [-0.2, -0.15) is 0 Å². The standard InChI is InChI=1S/C14H20N4O/c1-18(2)11-12-19-14-8-6-13(7-9-14)5-3-4-10-16-17-15/h3,5-9H,4,10-12H2,1-2H3. The normalized spacial score (nSPS) is 10.7. The molecule has 0 unspecified atom stereocenters. The smallest absolute Gasteiger partial charge is 0.119 e. The van der Waals surface area contributed by atoms with Gasteiger partial charge in [0, 0.05) is 18.0 Å². The van der Waals surface area contributed by atoms with Gasteiger partial charge in [0.2, 0.25) is 0 Å². The van der Waals surface area contributed by atoms with Gasteiger partial charge in [-0.1, -0.05) is 29.4 Å². The van der Waals surface area contributed by atoms with Gasteiger partial charge < -0.3 is 9.64 Å². The second kappa shape index (κ2) is 9.03. The fourth-order valence-electron chi connectivity index (χ4n) is 1.42. The molecule has 0 aliphatic heterocycles. The van der Waals surface area contributed by atoms with E-state index in [-0.39, 0.29) is 0 Å². The Morgan fingerprint density at radius 3 is 2.68 bits per heavy atom. The number of ether oxygens (including phenoxy) is 1. The fraction of sp³-hybridized carbons (Fsp3) is 0.429. The van der Waals surface area contributed by atoms with Crippen LogP contribution in [0.2, 0.25) is 0 Å². The molecule has 1 aromatic carbocycles. The van der Waals surface area contributed by atoms with Crippen LogP contribution in [0.5, 0.6) is 5.75 Å². The average Bonchev–Trinajstić information content (AvgIpc) is 2.40. The minimum atomic E-state index is 0.499. The molecule has 0 bridgehead atoms. The summed E-state index contributed by atoms with van der Waals surface area (Å²) in [5, 5.41) is 3.47. The van der Waals surface area contributed by atoms with Crippen molar-refractivity contribution in [2.45, 2.75) is 6.42 Å². The summed E-state index contributed by atoms with van der Waals surface area (Å²) < 4.78 is 5.61. The molecular formula is C14H20N4O. The van der Waals surface area contributed by atoms with Gasteiger partial charge in [-0.25, -0.2) is 0 Å². The summed E-state index contributed by atoms with van der Waals surface area (Å²) in [6.45, 7) is 2.09. The van der Waals surface area contributed by atoms with Crippen LogP contribution < -0.4 is 4.74 Å². The first-order valence-electron chi connectivity index (χ1n) is 6.27. The maximum Gasteiger partial charge on any atom is 0.119 e. The molecular weight excluding hydrogens is 240 g/mol. The SMILES string of the molecule is CN(C)CCOc1ccc(C=CCCN=[N+]=[N-])cc1. The predicted octanol–water partition coefficient (Wildman–Crippen LogP) is 3.34. The van der Waals surface area contributed by atoms with Crippen LogP contribution in [0, 0.1) is 0 Å². The molecule has 0 saturated heterocycles. The van der Waals surface area contributed by atoms with Gasteiger partial charge in [0.05, 0.1) is 0 Å². The molecule has 0 aliphatic carbocycles. The summed E-state index contributed by atoms with van der Waals surface area (Å²) in [6, 6.07) is 7.94. The maximum atomic E-state index is 8.14. The molecule has 0 fully saturated rings. The molecule has 0 atom stereocenters. The third-order valence-corrected chi connectivity index (χ3v) is 2.46. The van der Waals surface area contributed by atoms with Gasteiger partial charge in [0.1, 0.15) is 12.4 Å². The molecule has 19 heavy (non-hydrogen) atoms. The summed E-state index contributed by atoms with van der Waals surface area (Å²) in [7, 11) is 4.04.